The molecule has 0 saturated heterocycles. The summed E-state index contributed by atoms with van der Waals surface area (Å²) in [5, 5.41) is 3.13. The number of nitrogens with zero attached hydrogens (tertiary/aromatic N) is 1. The zero-order chi connectivity index (χ0) is 13.6. The molecule has 4 N–H and O–H groups in total. The molecule has 0 fully saturated rings. The Morgan fingerprint density at radius 2 is 2.06 bits per heavy atom. The number of nitrogens with two attached hydrogens (primary N) is 1. The number of hydrazine groups is 1. The summed E-state index contributed by atoms with van der Waals surface area (Å²) in [6.45, 7) is 7.05. The number of rotatable bonds is 10. The second-order valence-corrected chi connectivity index (χ2v) is 4.19. The second-order valence-electron chi connectivity index (χ2n) is 4.19. The van der Waals surface area contributed by atoms with Gasteiger partial charge >= 0.3 is 0 Å². The van der Waals surface area contributed by atoms with E-state index in [0.29, 0.717) is 19.1 Å². The van der Waals surface area contributed by atoms with Crippen LogP contribution >= 0.6 is 0 Å². The van der Waals surface area contributed by atoms with Crippen molar-refractivity contribution in [3.05, 3.63) is 0 Å². The van der Waals surface area contributed by atoms with Gasteiger partial charge in [-0.2, -0.15) is 0 Å². The fraction of sp³-hybridized carbons (Fsp3) is 0.917. The monoisotopic (exact) mass is 260 g/mol. The predicted molar refractivity (Wildman–Crippen MR) is 74.4 cm³/mol. The Morgan fingerprint density at radius 1 is 1.33 bits per heavy atom. The summed E-state index contributed by atoms with van der Waals surface area (Å²) in [5.74, 6) is 5.97. The maximum atomic E-state index is 5.45. The fourth-order valence-corrected chi connectivity index (χ4v) is 1.36. The van der Waals surface area contributed by atoms with E-state index in [4.69, 9.17) is 15.3 Å². The molecule has 6 heteroatoms. The highest BCUT2D eigenvalue weighted by Gasteiger charge is 2.02. The molecule has 1 atom stereocenters. The number of ether oxygens (including phenoxy) is 2. The van der Waals surface area contributed by atoms with Crippen LogP contribution in [0.2, 0.25) is 0 Å². The molecule has 0 spiro atoms. The molecule has 0 aliphatic heterocycles. The summed E-state index contributed by atoms with van der Waals surface area (Å²) in [6, 6.07) is 0.172. The number of hydrogen-bond donors (Lipinski definition) is 3. The molecular formula is C12H28N4O2. The lowest BCUT2D eigenvalue weighted by Crippen LogP contribution is -2.46. The first-order valence-electron chi connectivity index (χ1n) is 6.58. The van der Waals surface area contributed by atoms with Crippen molar-refractivity contribution >= 4 is 5.96 Å². The van der Waals surface area contributed by atoms with Crippen LogP contribution in [0, 0.1) is 0 Å². The van der Waals surface area contributed by atoms with Crippen molar-refractivity contribution in [2.24, 2.45) is 10.8 Å². The minimum absolute atomic E-state index is 0.172. The van der Waals surface area contributed by atoms with Gasteiger partial charge in [0.2, 0.25) is 5.96 Å². The Kier molecular flexibility index (Phi) is 12.0. The third kappa shape index (κ3) is 10.3. The lowest BCUT2D eigenvalue weighted by Gasteiger charge is -2.15. The van der Waals surface area contributed by atoms with E-state index in [-0.39, 0.29) is 6.04 Å². The van der Waals surface area contributed by atoms with Gasteiger partial charge < -0.3 is 14.8 Å². The number of aliphatic imine (C=N–C) groups is 1. The van der Waals surface area contributed by atoms with Gasteiger partial charge in [-0.05, 0) is 19.8 Å². The third-order valence-corrected chi connectivity index (χ3v) is 2.30. The Bertz CT molecular complexity index is 212. The number of hydrogen-bond acceptors (Lipinski definition) is 4. The molecular weight excluding hydrogens is 232 g/mol. The first-order valence-corrected chi connectivity index (χ1v) is 6.58. The molecule has 0 aliphatic rings. The number of methoxy groups -OCH3 is 1. The van der Waals surface area contributed by atoms with E-state index in [2.05, 4.69) is 22.7 Å². The average molecular weight is 260 g/mol. The molecule has 0 aromatic heterocycles. The molecule has 1 unspecified atom stereocenters. The predicted octanol–water partition coefficient (Wildman–Crippen LogP) is 0.637. The van der Waals surface area contributed by atoms with E-state index in [0.717, 1.165) is 26.1 Å². The van der Waals surface area contributed by atoms with Crippen LogP contribution in [0.5, 0.6) is 0 Å². The highest BCUT2D eigenvalue weighted by molar-refractivity contribution is 5.79. The van der Waals surface area contributed by atoms with Crippen LogP contribution in [0.4, 0.5) is 0 Å². The Morgan fingerprint density at radius 3 is 2.67 bits per heavy atom. The van der Waals surface area contributed by atoms with E-state index in [1.807, 2.05) is 6.92 Å². The van der Waals surface area contributed by atoms with Crippen molar-refractivity contribution in [2.45, 2.75) is 39.2 Å². The van der Waals surface area contributed by atoms with Gasteiger partial charge in [0.05, 0.1) is 6.61 Å². The summed E-state index contributed by atoms with van der Waals surface area (Å²) in [5.41, 5.74) is 2.55. The van der Waals surface area contributed by atoms with Crippen molar-refractivity contribution in [2.75, 3.05) is 33.5 Å². The van der Waals surface area contributed by atoms with Gasteiger partial charge in [-0.15, -0.1) is 0 Å². The van der Waals surface area contributed by atoms with Gasteiger partial charge in [0.1, 0.15) is 0 Å². The summed E-state index contributed by atoms with van der Waals surface area (Å²) in [7, 11) is 1.67. The number of unbranched alkanes of at least 4 members (excludes halogenated alkanes) is 1. The van der Waals surface area contributed by atoms with Crippen molar-refractivity contribution in [1.29, 1.82) is 0 Å². The quantitative estimate of drug-likeness (QED) is 0.176. The first kappa shape index (κ1) is 17.2. The lowest BCUT2D eigenvalue weighted by atomic mass is 10.3. The first-order chi connectivity index (χ1) is 8.74. The third-order valence-electron chi connectivity index (χ3n) is 2.30. The van der Waals surface area contributed by atoms with E-state index < -0.39 is 0 Å². The Hall–Kier alpha value is -0.850. The molecule has 108 valence electrons. The molecule has 0 amide bonds. The van der Waals surface area contributed by atoms with Gasteiger partial charge in [0, 0.05) is 32.9 Å². The molecule has 0 radical (unpaired) electrons. The zero-order valence-electron chi connectivity index (χ0n) is 11.9. The minimum atomic E-state index is 0.172. The van der Waals surface area contributed by atoms with E-state index in [1.54, 1.807) is 7.11 Å². The Balaban J connectivity index is 3.64. The van der Waals surface area contributed by atoms with E-state index >= 15 is 0 Å². The van der Waals surface area contributed by atoms with E-state index in [1.165, 1.54) is 6.42 Å². The lowest BCUT2D eigenvalue weighted by molar-refractivity contribution is 0.130. The van der Waals surface area contributed by atoms with Crippen molar-refractivity contribution in [3.63, 3.8) is 0 Å². The molecule has 0 bridgehead atoms. The summed E-state index contributed by atoms with van der Waals surface area (Å²) in [4.78, 5) is 4.32. The van der Waals surface area contributed by atoms with Gasteiger partial charge in [-0.1, -0.05) is 13.3 Å². The summed E-state index contributed by atoms with van der Waals surface area (Å²) in [6.07, 6.45) is 3.19. The zero-order valence-corrected chi connectivity index (χ0v) is 11.9. The molecule has 0 heterocycles. The van der Waals surface area contributed by atoms with Crippen LogP contribution in [0.1, 0.15) is 33.1 Å². The molecule has 0 aromatic rings. The van der Waals surface area contributed by atoms with Crippen molar-refractivity contribution < 1.29 is 9.47 Å². The van der Waals surface area contributed by atoms with Gasteiger partial charge in [0.15, 0.2) is 0 Å². The van der Waals surface area contributed by atoms with Crippen molar-refractivity contribution in [3.8, 4) is 0 Å². The highest BCUT2D eigenvalue weighted by atomic mass is 16.5. The molecule has 6 nitrogen and oxygen atoms in total. The van der Waals surface area contributed by atoms with Crippen LogP contribution in [0.25, 0.3) is 0 Å². The summed E-state index contributed by atoms with van der Waals surface area (Å²) < 4.78 is 10.5. The standard InChI is InChI=1S/C12H28N4O2/c1-4-5-8-18-9-6-7-14-12(16-13)15-11(2)10-17-3/h11H,4-10,13H2,1-3H3,(H2,14,15,16). The normalized spacial score (nSPS) is 13.4. The Labute approximate surface area is 110 Å². The molecule has 0 aliphatic carbocycles. The van der Waals surface area contributed by atoms with Gasteiger partial charge in [0.25, 0.3) is 0 Å². The molecule has 18 heavy (non-hydrogen) atoms. The van der Waals surface area contributed by atoms with Crippen LogP contribution in [-0.2, 0) is 9.47 Å². The van der Waals surface area contributed by atoms with Gasteiger partial charge in [-0.3, -0.25) is 10.4 Å². The SMILES string of the molecule is CCCCOCCCN=C(NN)NC(C)COC. The topological polar surface area (TPSA) is 80.9 Å². The van der Waals surface area contributed by atoms with Crippen LogP contribution in [-0.4, -0.2) is 45.5 Å². The smallest absolute Gasteiger partial charge is 0.206 e. The van der Waals surface area contributed by atoms with Crippen LogP contribution < -0.4 is 16.6 Å². The van der Waals surface area contributed by atoms with Crippen molar-refractivity contribution in [1.82, 2.24) is 10.7 Å². The molecule has 0 aromatic carbocycles. The van der Waals surface area contributed by atoms with Crippen LogP contribution in [0.15, 0.2) is 4.99 Å². The average Bonchev–Trinajstić information content (AvgIpc) is 2.36. The molecule has 0 saturated carbocycles. The fourth-order valence-electron chi connectivity index (χ4n) is 1.36. The van der Waals surface area contributed by atoms with Crippen LogP contribution in [0.3, 0.4) is 0 Å². The number of guanidine groups is 1. The maximum absolute atomic E-state index is 5.45. The largest absolute Gasteiger partial charge is 0.383 e. The minimum Gasteiger partial charge on any atom is -0.383 e. The van der Waals surface area contributed by atoms with Gasteiger partial charge in [-0.25, -0.2) is 5.84 Å². The van der Waals surface area contributed by atoms with E-state index in [9.17, 15) is 0 Å². The maximum Gasteiger partial charge on any atom is 0.206 e. The highest BCUT2D eigenvalue weighted by Crippen LogP contribution is 1.90. The molecule has 0 rings (SSSR count). The second kappa shape index (κ2) is 12.6. The summed E-state index contributed by atoms with van der Waals surface area (Å²) >= 11 is 0. The number of nitrogens with one attached hydrogen (secondary N) is 2.